The number of hydrogen-bond donors (Lipinski definition) is 2. The first-order chi connectivity index (χ1) is 8.78. The smallest absolute Gasteiger partial charge is 0.162 e. The summed E-state index contributed by atoms with van der Waals surface area (Å²) < 4.78 is 11.1. The molecule has 1 aromatic heterocycles. The SMILES string of the molecule is Cc1nc(-c2ccc3c(c2)OCCO3)sc1NN. The summed E-state index contributed by atoms with van der Waals surface area (Å²) in [4.78, 5) is 4.48. The van der Waals surface area contributed by atoms with E-state index in [2.05, 4.69) is 10.4 Å². The van der Waals surface area contributed by atoms with Crippen molar-refractivity contribution in [1.82, 2.24) is 4.98 Å². The molecule has 1 aliphatic heterocycles. The lowest BCUT2D eigenvalue weighted by Crippen LogP contribution is -2.15. The predicted octanol–water partition coefficient (Wildman–Crippen LogP) is 2.18. The van der Waals surface area contributed by atoms with Crippen molar-refractivity contribution in [2.45, 2.75) is 6.92 Å². The molecule has 0 unspecified atom stereocenters. The van der Waals surface area contributed by atoms with E-state index in [-0.39, 0.29) is 0 Å². The van der Waals surface area contributed by atoms with E-state index >= 15 is 0 Å². The number of benzene rings is 1. The number of ether oxygens (including phenoxy) is 2. The first-order valence-corrected chi connectivity index (χ1v) is 6.43. The Morgan fingerprint density at radius 1 is 1.28 bits per heavy atom. The molecule has 5 nitrogen and oxygen atoms in total. The number of hydrogen-bond acceptors (Lipinski definition) is 6. The van der Waals surface area contributed by atoms with Gasteiger partial charge in [0, 0.05) is 5.56 Å². The van der Waals surface area contributed by atoms with Crippen molar-refractivity contribution in [2.24, 2.45) is 5.84 Å². The van der Waals surface area contributed by atoms with E-state index in [4.69, 9.17) is 15.3 Å². The molecule has 0 amide bonds. The highest BCUT2D eigenvalue weighted by molar-refractivity contribution is 7.19. The molecule has 3 N–H and O–H groups in total. The van der Waals surface area contributed by atoms with Crippen molar-refractivity contribution in [2.75, 3.05) is 18.6 Å². The fourth-order valence-electron chi connectivity index (χ4n) is 1.83. The van der Waals surface area contributed by atoms with Gasteiger partial charge >= 0.3 is 0 Å². The van der Waals surface area contributed by atoms with Crippen LogP contribution in [0.5, 0.6) is 11.5 Å². The quantitative estimate of drug-likeness (QED) is 0.642. The maximum Gasteiger partial charge on any atom is 0.162 e. The van der Waals surface area contributed by atoms with Crippen molar-refractivity contribution in [3.05, 3.63) is 23.9 Å². The number of nitrogens with one attached hydrogen (secondary N) is 1. The van der Waals surface area contributed by atoms with E-state index < -0.39 is 0 Å². The number of nitrogens with zero attached hydrogens (tertiary/aromatic N) is 1. The summed E-state index contributed by atoms with van der Waals surface area (Å²) in [5.41, 5.74) is 4.55. The van der Waals surface area contributed by atoms with Crippen LogP contribution in [-0.4, -0.2) is 18.2 Å². The third-order valence-corrected chi connectivity index (χ3v) is 3.85. The molecule has 0 bridgehead atoms. The van der Waals surface area contributed by atoms with Gasteiger partial charge < -0.3 is 14.9 Å². The molecular formula is C12H13N3O2S. The van der Waals surface area contributed by atoms with Crippen LogP contribution in [0.2, 0.25) is 0 Å². The number of anilines is 1. The largest absolute Gasteiger partial charge is 0.486 e. The monoisotopic (exact) mass is 263 g/mol. The molecule has 1 aromatic carbocycles. The molecule has 2 heterocycles. The van der Waals surface area contributed by atoms with Crippen LogP contribution in [0.4, 0.5) is 5.00 Å². The molecule has 6 heteroatoms. The Balaban J connectivity index is 2.00. The van der Waals surface area contributed by atoms with Crippen LogP contribution in [-0.2, 0) is 0 Å². The normalized spacial score (nSPS) is 13.4. The number of hydrazine groups is 1. The number of nitrogens with two attached hydrogens (primary N) is 1. The summed E-state index contributed by atoms with van der Waals surface area (Å²) >= 11 is 1.52. The van der Waals surface area contributed by atoms with Crippen molar-refractivity contribution in [3.8, 4) is 22.1 Å². The molecule has 0 radical (unpaired) electrons. The minimum Gasteiger partial charge on any atom is -0.486 e. The van der Waals surface area contributed by atoms with Gasteiger partial charge in [0.25, 0.3) is 0 Å². The van der Waals surface area contributed by atoms with Crippen LogP contribution in [0.15, 0.2) is 18.2 Å². The molecule has 2 aromatic rings. The second-order valence-electron chi connectivity index (χ2n) is 3.94. The van der Waals surface area contributed by atoms with Crippen molar-refractivity contribution < 1.29 is 9.47 Å². The number of fused-ring (bicyclic) bond motifs is 1. The summed E-state index contributed by atoms with van der Waals surface area (Å²) in [7, 11) is 0. The average molecular weight is 263 g/mol. The highest BCUT2D eigenvalue weighted by Crippen LogP contribution is 2.37. The summed E-state index contributed by atoms with van der Waals surface area (Å²) in [6, 6.07) is 5.84. The maximum absolute atomic E-state index is 5.56. The second kappa shape index (κ2) is 4.47. The molecule has 3 rings (SSSR count). The Kier molecular flexibility index (Phi) is 2.81. The van der Waals surface area contributed by atoms with E-state index in [1.165, 1.54) is 11.3 Å². The van der Waals surface area contributed by atoms with Gasteiger partial charge in [0.15, 0.2) is 11.5 Å². The van der Waals surface area contributed by atoms with Gasteiger partial charge in [-0.25, -0.2) is 10.8 Å². The number of thiazole rings is 1. The Labute approximate surface area is 109 Å². The number of aromatic nitrogens is 1. The van der Waals surface area contributed by atoms with Crippen molar-refractivity contribution in [3.63, 3.8) is 0 Å². The van der Waals surface area contributed by atoms with Crippen LogP contribution in [0.1, 0.15) is 5.69 Å². The van der Waals surface area contributed by atoms with Crippen LogP contribution in [0.3, 0.4) is 0 Å². The van der Waals surface area contributed by atoms with E-state index in [1.807, 2.05) is 25.1 Å². The third kappa shape index (κ3) is 1.89. The summed E-state index contributed by atoms with van der Waals surface area (Å²) in [6.07, 6.45) is 0. The Morgan fingerprint density at radius 3 is 2.78 bits per heavy atom. The molecule has 0 atom stereocenters. The third-order valence-electron chi connectivity index (χ3n) is 2.72. The second-order valence-corrected chi connectivity index (χ2v) is 4.94. The molecule has 0 fully saturated rings. The zero-order valence-corrected chi connectivity index (χ0v) is 10.7. The zero-order chi connectivity index (χ0) is 12.5. The highest BCUT2D eigenvalue weighted by atomic mass is 32.1. The van der Waals surface area contributed by atoms with Crippen LogP contribution < -0.4 is 20.7 Å². The van der Waals surface area contributed by atoms with Crippen LogP contribution in [0, 0.1) is 6.92 Å². The number of rotatable bonds is 2. The lowest BCUT2D eigenvalue weighted by Gasteiger charge is -2.18. The van der Waals surface area contributed by atoms with Gasteiger partial charge in [-0.3, -0.25) is 0 Å². The maximum atomic E-state index is 5.56. The van der Waals surface area contributed by atoms with Gasteiger partial charge in [-0.05, 0) is 25.1 Å². The Bertz CT molecular complexity index is 583. The number of nitrogen functional groups attached to an aromatic ring is 1. The van der Waals surface area contributed by atoms with E-state index in [9.17, 15) is 0 Å². The lowest BCUT2D eigenvalue weighted by atomic mass is 10.2. The fraction of sp³-hybridized carbons (Fsp3) is 0.250. The minimum atomic E-state index is 0.586. The number of aryl methyl sites for hydroxylation is 1. The molecule has 0 aliphatic carbocycles. The molecule has 0 saturated carbocycles. The lowest BCUT2D eigenvalue weighted by molar-refractivity contribution is 0.171. The first kappa shape index (κ1) is 11.3. The van der Waals surface area contributed by atoms with Crippen molar-refractivity contribution in [1.29, 1.82) is 0 Å². The summed E-state index contributed by atoms with van der Waals surface area (Å²) in [5.74, 6) is 6.99. The molecule has 0 spiro atoms. The molecule has 0 saturated heterocycles. The first-order valence-electron chi connectivity index (χ1n) is 5.62. The van der Waals surface area contributed by atoms with Crippen LogP contribution in [0.25, 0.3) is 10.6 Å². The fourth-order valence-corrected chi connectivity index (χ4v) is 2.70. The summed E-state index contributed by atoms with van der Waals surface area (Å²) in [5, 5.41) is 1.79. The van der Waals surface area contributed by atoms with Gasteiger partial charge in [0.05, 0.1) is 5.69 Å². The van der Waals surface area contributed by atoms with Crippen molar-refractivity contribution >= 4 is 16.3 Å². The molecular weight excluding hydrogens is 250 g/mol. The standard InChI is InChI=1S/C12H13N3O2S/c1-7-11(15-13)18-12(14-7)8-2-3-9-10(6-8)17-5-4-16-9/h2-3,6,15H,4-5,13H2,1H3. The van der Waals surface area contributed by atoms with E-state index in [1.54, 1.807) is 0 Å². The molecule has 94 valence electrons. The van der Waals surface area contributed by atoms with Gasteiger partial charge in [-0.2, -0.15) is 0 Å². The van der Waals surface area contributed by atoms with E-state index in [0.717, 1.165) is 32.8 Å². The molecule has 18 heavy (non-hydrogen) atoms. The summed E-state index contributed by atoms with van der Waals surface area (Å²) in [6.45, 7) is 3.11. The highest BCUT2D eigenvalue weighted by Gasteiger charge is 2.14. The zero-order valence-electron chi connectivity index (χ0n) is 9.90. The van der Waals surface area contributed by atoms with Gasteiger partial charge in [0.2, 0.25) is 0 Å². The van der Waals surface area contributed by atoms with Gasteiger partial charge in [-0.15, -0.1) is 0 Å². The van der Waals surface area contributed by atoms with Crippen LogP contribution >= 0.6 is 11.3 Å². The topological polar surface area (TPSA) is 69.4 Å². The predicted molar refractivity (Wildman–Crippen MR) is 71.1 cm³/mol. The van der Waals surface area contributed by atoms with Gasteiger partial charge in [-0.1, -0.05) is 11.3 Å². The average Bonchev–Trinajstić information content (AvgIpc) is 2.79. The molecule has 1 aliphatic rings. The Hall–Kier alpha value is -1.79. The van der Waals surface area contributed by atoms with Gasteiger partial charge in [0.1, 0.15) is 23.2 Å². The Morgan fingerprint density at radius 2 is 2.06 bits per heavy atom. The minimum absolute atomic E-state index is 0.586. The van der Waals surface area contributed by atoms with E-state index in [0.29, 0.717) is 13.2 Å².